The molecule has 1 amide bonds. The van der Waals surface area contributed by atoms with E-state index in [0.29, 0.717) is 22.0 Å². The maximum atomic E-state index is 13.0. The van der Waals surface area contributed by atoms with Crippen LogP contribution in [0.5, 0.6) is 5.75 Å². The molecule has 1 unspecified atom stereocenters. The maximum Gasteiger partial charge on any atom is 0.256 e. The summed E-state index contributed by atoms with van der Waals surface area (Å²) in [4.78, 5) is 14.4. The first-order chi connectivity index (χ1) is 14.1. The van der Waals surface area contributed by atoms with Gasteiger partial charge in [-0.1, -0.05) is 23.7 Å². The Morgan fingerprint density at radius 3 is 2.79 bits per heavy atom. The molecule has 1 fully saturated rings. The van der Waals surface area contributed by atoms with Crippen LogP contribution in [0.2, 0.25) is 5.02 Å². The summed E-state index contributed by atoms with van der Waals surface area (Å²) in [6.07, 6.45) is 0.938. The van der Waals surface area contributed by atoms with E-state index in [1.54, 1.807) is 29.6 Å². The molecule has 3 aromatic rings. The van der Waals surface area contributed by atoms with Crippen molar-refractivity contribution in [1.29, 1.82) is 0 Å². The molecule has 7 heteroatoms. The number of halogens is 2. The first kappa shape index (κ1) is 19.9. The van der Waals surface area contributed by atoms with Crippen molar-refractivity contribution in [3.8, 4) is 5.75 Å². The van der Waals surface area contributed by atoms with E-state index in [4.69, 9.17) is 16.3 Å². The van der Waals surface area contributed by atoms with E-state index in [0.717, 1.165) is 31.6 Å². The number of likely N-dealkylation sites (tertiary alicyclic amines) is 1. The summed E-state index contributed by atoms with van der Waals surface area (Å²) in [7, 11) is 0. The van der Waals surface area contributed by atoms with Gasteiger partial charge in [0.1, 0.15) is 17.7 Å². The molecule has 2 heterocycles. The molecule has 0 radical (unpaired) electrons. The molecule has 0 bridgehead atoms. The van der Waals surface area contributed by atoms with Gasteiger partial charge in [0.15, 0.2) is 0 Å². The van der Waals surface area contributed by atoms with Gasteiger partial charge in [-0.15, -0.1) is 0 Å². The van der Waals surface area contributed by atoms with Gasteiger partial charge in [0.2, 0.25) is 0 Å². The number of hydrogen-bond acceptors (Lipinski definition) is 4. The minimum atomic E-state index is -0.221. The van der Waals surface area contributed by atoms with Gasteiger partial charge in [-0.3, -0.25) is 9.69 Å². The molecular weight excluding hydrogens is 411 g/mol. The predicted molar refractivity (Wildman–Crippen MR) is 114 cm³/mol. The van der Waals surface area contributed by atoms with Crippen LogP contribution in [0.3, 0.4) is 0 Å². The molecule has 29 heavy (non-hydrogen) atoms. The summed E-state index contributed by atoms with van der Waals surface area (Å²) in [5.41, 5.74) is 2.33. The standard InChI is InChI=1S/C22H20ClFN2O2S/c23-20-11-18(25-22(27)16-8-10-29-14-16)5-6-21(20)28-19-7-9-26(13-19)12-15-1-3-17(24)4-2-15/h1-6,8,10-11,14,19H,7,9,12-13H2,(H,25,27). The molecule has 1 aliphatic heterocycles. The number of nitrogens with one attached hydrogen (secondary N) is 1. The highest BCUT2D eigenvalue weighted by Gasteiger charge is 2.24. The van der Waals surface area contributed by atoms with Crippen LogP contribution >= 0.6 is 22.9 Å². The molecule has 1 atom stereocenters. The molecule has 2 aromatic carbocycles. The maximum absolute atomic E-state index is 13.0. The van der Waals surface area contributed by atoms with Crippen molar-refractivity contribution < 1.29 is 13.9 Å². The molecule has 4 rings (SSSR count). The van der Waals surface area contributed by atoms with Crippen LogP contribution in [0.1, 0.15) is 22.3 Å². The topological polar surface area (TPSA) is 41.6 Å². The third kappa shape index (κ3) is 5.15. The number of nitrogens with zero attached hydrogens (tertiary/aromatic N) is 1. The molecule has 0 saturated carbocycles. The number of thiophene rings is 1. The highest BCUT2D eigenvalue weighted by molar-refractivity contribution is 7.08. The first-order valence-electron chi connectivity index (χ1n) is 9.33. The Kier molecular flexibility index (Phi) is 6.13. The van der Waals surface area contributed by atoms with Crippen LogP contribution in [0, 0.1) is 5.82 Å². The van der Waals surface area contributed by atoms with Gasteiger partial charge in [0, 0.05) is 30.7 Å². The van der Waals surface area contributed by atoms with Gasteiger partial charge >= 0.3 is 0 Å². The monoisotopic (exact) mass is 430 g/mol. The lowest BCUT2D eigenvalue weighted by molar-refractivity contribution is 0.102. The first-order valence-corrected chi connectivity index (χ1v) is 10.7. The second-order valence-electron chi connectivity index (χ2n) is 7.00. The van der Waals surface area contributed by atoms with E-state index in [9.17, 15) is 9.18 Å². The summed E-state index contributed by atoms with van der Waals surface area (Å²) in [6, 6.07) is 13.6. The fourth-order valence-corrected chi connectivity index (χ4v) is 4.20. The number of rotatable bonds is 6. The van der Waals surface area contributed by atoms with Crippen LogP contribution in [-0.4, -0.2) is 30.0 Å². The van der Waals surface area contributed by atoms with Crippen LogP contribution in [0.25, 0.3) is 0 Å². The zero-order valence-corrected chi connectivity index (χ0v) is 17.2. The molecule has 0 aliphatic carbocycles. The number of hydrogen-bond donors (Lipinski definition) is 1. The van der Waals surface area contributed by atoms with E-state index >= 15 is 0 Å². The van der Waals surface area contributed by atoms with Gasteiger partial charge < -0.3 is 10.1 Å². The lowest BCUT2D eigenvalue weighted by Crippen LogP contribution is -2.24. The number of ether oxygens (including phenoxy) is 1. The zero-order chi connectivity index (χ0) is 20.2. The van der Waals surface area contributed by atoms with Crippen molar-refractivity contribution in [2.24, 2.45) is 0 Å². The number of carbonyl (C=O) groups is 1. The van der Waals surface area contributed by atoms with Crippen LogP contribution in [0.4, 0.5) is 10.1 Å². The largest absolute Gasteiger partial charge is 0.487 e. The molecular formula is C22H20ClFN2O2S. The smallest absolute Gasteiger partial charge is 0.256 e. The Balaban J connectivity index is 1.32. The molecule has 0 spiro atoms. The Labute approximate surface area is 177 Å². The van der Waals surface area contributed by atoms with E-state index in [1.807, 2.05) is 17.5 Å². The van der Waals surface area contributed by atoms with Crippen molar-refractivity contribution in [3.63, 3.8) is 0 Å². The normalized spacial score (nSPS) is 16.7. The average Bonchev–Trinajstić information content (AvgIpc) is 3.38. The van der Waals surface area contributed by atoms with Crippen LogP contribution < -0.4 is 10.1 Å². The van der Waals surface area contributed by atoms with Gasteiger partial charge in [0.25, 0.3) is 5.91 Å². The average molecular weight is 431 g/mol. The van der Waals surface area contributed by atoms with E-state index in [2.05, 4.69) is 10.2 Å². The van der Waals surface area contributed by atoms with Gasteiger partial charge in [-0.2, -0.15) is 11.3 Å². The highest BCUT2D eigenvalue weighted by atomic mass is 35.5. The van der Waals surface area contributed by atoms with Crippen molar-refractivity contribution in [1.82, 2.24) is 4.90 Å². The van der Waals surface area contributed by atoms with Crippen molar-refractivity contribution in [2.75, 3.05) is 18.4 Å². The van der Waals surface area contributed by atoms with E-state index < -0.39 is 0 Å². The number of carbonyl (C=O) groups excluding carboxylic acids is 1. The Morgan fingerprint density at radius 1 is 1.24 bits per heavy atom. The van der Waals surface area contributed by atoms with Gasteiger partial charge in [-0.05, 0) is 53.8 Å². The number of benzene rings is 2. The molecule has 4 nitrogen and oxygen atoms in total. The lowest BCUT2D eigenvalue weighted by Gasteiger charge is -2.18. The summed E-state index contributed by atoms with van der Waals surface area (Å²) < 4.78 is 19.1. The Hall–Kier alpha value is -2.41. The quantitative estimate of drug-likeness (QED) is 0.565. The van der Waals surface area contributed by atoms with Crippen LogP contribution in [0.15, 0.2) is 59.3 Å². The van der Waals surface area contributed by atoms with Gasteiger partial charge in [0.05, 0.1) is 10.6 Å². The molecule has 1 N–H and O–H groups in total. The zero-order valence-electron chi connectivity index (χ0n) is 15.6. The Morgan fingerprint density at radius 2 is 2.07 bits per heavy atom. The summed E-state index contributed by atoms with van der Waals surface area (Å²) >= 11 is 7.85. The molecule has 1 saturated heterocycles. The third-order valence-corrected chi connectivity index (χ3v) is 5.79. The SMILES string of the molecule is O=C(Nc1ccc(OC2CCN(Cc3ccc(F)cc3)C2)c(Cl)c1)c1ccsc1. The summed E-state index contributed by atoms with van der Waals surface area (Å²) in [6.45, 7) is 2.46. The predicted octanol–water partition coefficient (Wildman–Crippen LogP) is 5.45. The molecule has 1 aliphatic rings. The van der Waals surface area contributed by atoms with Crippen molar-refractivity contribution >= 4 is 34.5 Å². The Bertz CT molecular complexity index is 979. The number of anilines is 1. The van der Waals surface area contributed by atoms with Crippen molar-refractivity contribution in [2.45, 2.75) is 19.1 Å². The second-order valence-corrected chi connectivity index (χ2v) is 8.19. The highest BCUT2D eigenvalue weighted by Crippen LogP contribution is 2.30. The summed E-state index contributed by atoms with van der Waals surface area (Å²) in [5.74, 6) is 0.220. The number of amides is 1. The molecule has 1 aromatic heterocycles. The van der Waals surface area contributed by atoms with Gasteiger partial charge in [-0.25, -0.2) is 4.39 Å². The van der Waals surface area contributed by atoms with E-state index in [1.165, 1.54) is 23.5 Å². The molecule has 150 valence electrons. The second kappa shape index (κ2) is 8.95. The van der Waals surface area contributed by atoms with Crippen LogP contribution in [-0.2, 0) is 6.54 Å². The lowest BCUT2D eigenvalue weighted by atomic mass is 10.2. The minimum Gasteiger partial charge on any atom is -0.487 e. The fraction of sp³-hybridized carbons (Fsp3) is 0.227. The third-order valence-electron chi connectivity index (χ3n) is 4.82. The van der Waals surface area contributed by atoms with Crippen molar-refractivity contribution in [3.05, 3.63) is 81.3 Å². The minimum absolute atomic E-state index is 0.0409. The fourth-order valence-electron chi connectivity index (χ4n) is 3.34. The summed E-state index contributed by atoms with van der Waals surface area (Å²) in [5, 5.41) is 6.96. The van der Waals surface area contributed by atoms with E-state index in [-0.39, 0.29) is 17.8 Å².